The molecule has 1 aliphatic heterocycles. The minimum absolute atomic E-state index is 0.425. The monoisotopic (exact) mass is 345 g/mol. The number of rotatable bonds is 2. The van der Waals surface area contributed by atoms with Gasteiger partial charge in [0, 0.05) is 35.5 Å². The largest absolute Gasteiger partial charge is 0.366 e. The highest BCUT2D eigenvalue weighted by Gasteiger charge is 2.17. The molecule has 0 atom stereocenters. The van der Waals surface area contributed by atoms with Crippen LogP contribution in [0.3, 0.4) is 0 Å². The summed E-state index contributed by atoms with van der Waals surface area (Å²) >= 11 is 3.43. The Hall–Kier alpha value is -1.85. The Morgan fingerprint density at radius 1 is 1.24 bits per heavy atom. The second kappa shape index (κ2) is 5.87. The third-order valence-corrected chi connectivity index (χ3v) is 4.30. The molecule has 21 heavy (non-hydrogen) atoms. The van der Waals surface area contributed by atoms with Gasteiger partial charge in [-0.15, -0.1) is 0 Å². The van der Waals surface area contributed by atoms with Gasteiger partial charge >= 0.3 is 0 Å². The van der Waals surface area contributed by atoms with Crippen molar-refractivity contribution in [1.82, 2.24) is 5.32 Å². The normalized spacial score (nSPS) is 14.4. The van der Waals surface area contributed by atoms with Crippen molar-refractivity contribution in [3.8, 4) is 0 Å². The summed E-state index contributed by atoms with van der Waals surface area (Å²) in [6, 6.07) is 14.0. The SMILES string of the molecule is NC(=O)c1ccc(N2CCNCc3ccccc32)cc1Br. The lowest BCUT2D eigenvalue weighted by Crippen LogP contribution is -2.24. The molecule has 0 bridgehead atoms. The number of nitrogens with one attached hydrogen (secondary N) is 1. The number of fused-ring (bicyclic) bond motifs is 1. The Labute approximate surface area is 132 Å². The minimum Gasteiger partial charge on any atom is -0.366 e. The van der Waals surface area contributed by atoms with E-state index in [9.17, 15) is 4.79 Å². The Balaban J connectivity index is 2.04. The van der Waals surface area contributed by atoms with Crippen LogP contribution in [-0.4, -0.2) is 19.0 Å². The third-order valence-electron chi connectivity index (χ3n) is 3.64. The van der Waals surface area contributed by atoms with E-state index in [0.29, 0.717) is 5.56 Å². The van der Waals surface area contributed by atoms with Crippen LogP contribution in [-0.2, 0) is 6.54 Å². The molecule has 0 aliphatic carbocycles. The molecule has 0 fully saturated rings. The maximum Gasteiger partial charge on any atom is 0.249 e. The lowest BCUT2D eigenvalue weighted by atomic mass is 10.1. The van der Waals surface area contributed by atoms with E-state index < -0.39 is 5.91 Å². The summed E-state index contributed by atoms with van der Waals surface area (Å²) in [5.41, 5.74) is 9.36. The van der Waals surface area contributed by atoms with Crippen molar-refractivity contribution < 1.29 is 4.79 Å². The van der Waals surface area contributed by atoms with Crippen molar-refractivity contribution >= 4 is 33.2 Å². The molecule has 3 N–H and O–H groups in total. The van der Waals surface area contributed by atoms with Crippen LogP contribution < -0.4 is 16.0 Å². The molecule has 4 nitrogen and oxygen atoms in total. The summed E-state index contributed by atoms with van der Waals surface area (Å²) in [4.78, 5) is 13.6. The van der Waals surface area contributed by atoms with Crippen molar-refractivity contribution in [1.29, 1.82) is 0 Å². The minimum atomic E-state index is -0.425. The van der Waals surface area contributed by atoms with Gasteiger partial charge in [-0.25, -0.2) is 0 Å². The van der Waals surface area contributed by atoms with E-state index >= 15 is 0 Å². The molecule has 0 aromatic heterocycles. The van der Waals surface area contributed by atoms with Crippen LogP contribution in [0.25, 0.3) is 0 Å². The van der Waals surface area contributed by atoms with Crippen molar-refractivity contribution in [2.24, 2.45) is 5.73 Å². The fraction of sp³-hybridized carbons (Fsp3) is 0.188. The van der Waals surface area contributed by atoms with Gasteiger partial charge in [-0.1, -0.05) is 18.2 Å². The summed E-state index contributed by atoms with van der Waals surface area (Å²) in [6.07, 6.45) is 0. The van der Waals surface area contributed by atoms with E-state index in [1.165, 1.54) is 11.3 Å². The first-order valence-electron chi connectivity index (χ1n) is 6.82. The van der Waals surface area contributed by atoms with Gasteiger partial charge in [-0.2, -0.15) is 0 Å². The Morgan fingerprint density at radius 2 is 2.05 bits per heavy atom. The van der Waals surface area contributed by atoms with Crippen LogP contribution in [0.15, 0.2) is 46.9 Å². The maximum absolute atomic E-state index is 11.3. The number of nitrogens with zero attached hydrogens (tertiary/aromatic N) is 1. The number of para-hydroxylation sites is 1. The van der Waals surface area contributed by atoms with Crippen molar-refractivity contribution in [2.75, 3.05) is 18.0 Å². The molecule has 1 amide bonds. The molecule has 2 aromatic rings. The summed E-state index contributed by atoms with van der Waals surface area (Å²) in [5, 5.41) is 3.42. The Bertz CT molecular complexity index is 687. The van der Waals surface area contributed by atoms with Gasteiger partial charge in [0.25, 0.3) is 0 Å². The molecule has 1 aliphatic rings. The Kier molecular flexibility index (Phi) is 3.94. The van der Waals surface area contributed by atoms with E-state index in [4.69, 9.17) is 5.73 Å². The summed E-state index contributed by atoms with van der Waals surface area (Å²) in [6.45, 7) is 2.65. The first kappa shape index (κ1) is 14.1. The zero-order valence-corrected chi connectivity index (χ0v) is 13.1. The fourth-order valence-corrected chi connectivity index (χ4v) is 3.16. The number of carbonyl (C=O) groups excluding carboxylic acids is 1. The molecular formula is C16H16BrN3O. The van der Waals surface area contributed by atoms with Crippen molar-refractivity contribution in [3.63, 3.8) is 0 Å². The van der Waals surface area contributed by atoms with E-state index in [2.05, 4.69) is 44.3 Å². The number of benzene rings is 2. The van der Waals surface area contributed by atoms with E-state index in [1.807, 2.05) is 18.2 Å². The van der Waals surface area contributed by atoms with Crippen LogP contribution in [0.4, 0.5) is 11.4 Å². The summed E-state index contributed by atoms with van der Waals surface area (Å²) in [5.74, 6) is -0.425. The van der Waals surface area contributed by atoms with Gasteiger partial charge in [-0.3, -0.25) is 4.79 Å². The van der Waals surface area contributed by atoms with Gasteiger partial charge in [0.05, 0.1) is 5.56 Å². The summed E-state index contributed by atoms with van der Waals surface area (Å²) in [7, 11) is 0. The number of anilines is 2. The molecule has 0 spiro atoms. The zero-order valence-electron chi connectivity index (χ0n) is 11.5. The smallest absolute Gasteiger partial charge is 0.249 e. The molecular weight excluding hydrogens is 330 g/mol. The number of primary amides is 1. The summed E-state index contributed by atoms with van der Waals surface area (Å²) < 4.78 is 0.724. The third kappa shape index (κ3) is 2.80. The second-order valence-corrected chi connectivity index (χ2v) is 5.84. The standard InChI is InChI=1S/C16H16BrN3O/c17-14-9-12(5-6-13(14)16(18)21)20-8-7-19-10-11-3-1-2-4-15(11)20/h1-6,9,19H,7-8,10H2,(H2,18,21). The highest BCUT2D eigenvalue weighted by atomic mass is 79.9. The second-order valence-electron chi connectivity index (χ2n) is 4.99. The molecule has 0 radical (unpaired) electrons. The van der Waals surface area contributed by atoms with Crippen LogP contribution in [0.2, 0.25) is 0 Å². The highest BCUT2D eigenvalue weighted by molar-refractivity contribution is 9.10. The first-order chi connectivity index (χ1) is 10.2. The average Bonchev–Trinajstić information content (AvgIpc) is 2.69. The number of hydrogen-bond acceptors (Lipinski definition) is 3. The molecule has 5 heteroatoms. The van der Waals surface area contributed by atoms with Crippen LogP contribution in [0.1, 0.15) is 15.9 Å². The van der Waals surface area contributed by atoms with Gasteiger partial charge in [0.15, 0.2) is 0 Å². The number of carbonyl (C=O) groups is 1. The first-order valence-corrected chi connectivity index (χ1v) is 7.61. The molecule has 0 saturated heterocycles. The molecule has 108 valence electrons. The molecule has 3 rings (SSSR count). The van der Waals surface area contributed by atoms with Crippen LogP contribution in [0, 0.1) is 0 Å². The number of nitrogens with two attached hydrogens (primary N) is 1. The van der Waals surface area contributed by atoms with Crippen LogP contribution in [0.5, 0.6) is 0 Å². The average molecular weight is 346 g/mol. The van der Waals surface area contributed by atoms with E-state index in [1.54, 1.807) is 6.07 Å². The molecule has 0 saturated carbocycles. The zero-order chi connectivity index (χ0) is 14.8. The van der Waals surface area contributed by atoms with Crippen molar-refractivity contribution in [2.45, 2.75) is 6.54 Å². The quantitative estimate of drug-likeness (QED) is 0.879. The van der Waals surface area contributed by atoms with E-state index in [0.717, 1.165) is 29.8 Å². The number of hydrogen-bond donors (Lipinski definition) is 2. The molecule has 1 heterocycles. The lowest BCUT2D eigenvalue weighted by Gasteiger charge is -2.25. The number of amides is 1. The lowest BCUT2D eigenvalue weighted by molar-refractivity contribution is 0.0999. The van der Waals surface area contributed by atoms with Crippen LogP contribution >= 0.6 is 15.9 Å². The predicted molar refractivity (Wildman–Crippen MR) is 87.8 cm³/mol. The van der Waals surface area contributed by atoms with Gasteiger partial charge < -0.3 is 16.0 Å². The Morgan fingerprint density at radius 3 is 2.81 bits per heavy atom. The van der Waals surface area contributed by atoms with E-state index in [-0.39, 0.29) is 0 Å². The topological polar surface area (TPSA) is 58.4 Å². The maximum atomic E-state index is 11.3. The predicted octanol–water partition coefficient (Wildman–Crippen LogP) is 2.79. The van der Waals surface area contributed by atoms with Gasteiger partial charge in [0.1, 0.15) is 0 Å². The molecule has 2 aromatic carbocycles. The van der Waals surface area contributed by atoms with Gasteiger partial charge in [-0.05, 0) is 45.8 Å². The fourth-order valence-electron chi connectivity index (χ4n) is 2.60. The van der Waals surface area contributed by atoms with Gasteiger partial charge in [0.2, 0.25) is 5.91 Å². The number of halogens is 1. The van der Waals surface area contributed by atoms with Crippen molar-refractivity contribution in [3.05, 3.63) is 58.1 Å². The molecule has 0 unspecified atom stereocenters. The highest BCUT2D eigenvalue weighted by Crippen LogP contribution is 2.32.